The number of aromatic nitrogens is 2. The lowest BCUT2D eigenvalue weighted by Gasteiger charge is -2.36. The van der Waals surface area contributed by atoms with E-state index >= 15 is 0 Å². The Morgan fingerprint density at radius 2 is 1.66 bits per heavy atom. The van der Waals surface area contributed by atoms with Gasteiger partial charge in [0.1, 0.15) is 11.6 Å². The van der Waals surface area contributed by atoms with Crippen LogP contribution in [-0.4, -0.2) is 78.5 Å². The van der Waals surface area contributed by atoms with E-state index in [1.165, 1.54) is 37.5 Å². The first kappa shape index (κ1) is 23.7. The first-order valence-corrected chi connectivity index (χ1v) is 10.8. The van der Waals surface area contributed by atoms with Crippen LogP contribution in [0, 0.1) is 0 Å². The summed E-state index contributed by atoms with van der Waals surface area (Å²) in [6.45, 7) is 0.882. The Kier molecular flexibility index (Phi) is 6.12. The van der Waals surface area contributed by atoms with E-state index in [4.69, 9.17) is 0 Å². The Hall–Kier alpha value is -4.48. The molecule has 1 aromatic heterocycles. The number of carbonyl (C=O) groups excluding carboxylic acids is 5. The number of carboxylic acids is 1. The Labute approximate surface area is 198 Å². The minimum Gasteiger partial charge on any atom is -0.480 e. The van der Waals surface area contributed by atoms with Crippen LogP contribution >= 0.6 is 0 Å². The number of rotatable bonds is 7. The van der Waals surface area contributed by atoms with Gasteiger partial charge < -0.3 is 10.4 Å². The summed E-state index contributed by atoms with van der Waals surface area (Å²) < 4.78 is 0. The number of nitrogens with one attached hydrogen (secondary N) is 1. The molecule has 0 radical (unpaired) electrons. The first-order valence-electron chi connectivity index (χ1n) is 10.8. The maximum atomic E-state index is 13.2. The predicted molar refractivity (Wildman–Crippen MR) is 117 cm³/mol. The second-order valence-corrected chi connectivity index (χ2v) is 8.38. The lowest BCUT2D eigenvalue weighted by Crippen LogP contribution is -2.58. The van der Waals surface area contributed by atoms with E-state index < -0.39 is 47.1 Å². The molecule has 1 aromatic carbocycles. The van der Waals surface area contributed by atoms with Crippen molar-refractivity contribution in [1.82, 2.24) is 25.1 Å². The smallest absolute Gasteiger partial charge is 0.329 e. The third kappa shape index (κ3) is 4.25. The number of carbonyl (C=O) groups is 6. The number of carboxylic acid groups (broad SMARTS) is 1. The zero-order chi connectivity index (χ0) is 25.3. The Morgan fingerprint density at radius 1 is 1.06 bits per heavy atom. The van der Waals surface area contributed by atoms with Gasteiger partial charge >= 0.3 is 5.97 Å². The van der Waals surface area contributed by atoms with Crippen LogP contribution < -0.4 is 5.32 Å². The molecule has 180 valence electrons. The standard InChI is InChI=1S/C23H21N5O7/c1-23(22(34)35,26-18(30)17-24-10-4-11-25-17)9-12-27-16(29)8-7-15(21(27)33)28-19(31)13-5-2-3-6-14(13)20(28)32/h2-6,10-11,15H,7-9,12H2,1H3,(H,26,30)(H,34,35)/t15?,23-/m0/s1. The molecule has 2 N–H and O–H groups in total. The lowest BCUT2D eigenvalue weighted by atomic mass is 9.95. The van der Waals surface area contributed by atoms with Gasteiger partial charge in [0.2, 0.25) is 11.7 Å². The Bertz CT molecular complexity index is 1210. The first-order chi connectivity index (χ1) is 16.6. The number of hydrogen-bond acceptors (Lipinski definition) is 8. The molecule has 1 fully saturated rings. The van der Waals surface area contributed by atoms with Gasteiger partial charge in [-0.05, 0) is 38.0 Å². The van der Waals surface area contributed by atoms with Crippen molar-refractivity contribution >= 4 is 35.5 Å². The van der Waals surface area contributed by atoms with Gasteiger partial charge in [0, 0.05) is 25.4 Å². The molecule has 3 heterocycles. The van der Waals surface area contributed by atoms with Crippen LogP contribution in [0.5, 0.6) is 0 Å². The normalized spacial score (nSPS) is 19.4. The fourth-order valence-corrected chi connectivity index (χ4v) is 4.07. The van der Waals surface area contributed by atoms with Gasteiger partial charge in [-0.15, -0.1) is 0 Å². The van der Waals surface area contributed by atoms with E-state index in [9.17, 15) is 33.9 Å². The lowest BCUT2D eigenvalue weighted by molar-refractivity contribution is -0.153. The number of likely N-dealkylation sites (tertiary alicyclic amines) is 1. The van der Waals surface area contributed by atoms with Gasteiger partial charge in [-0.1, -0.05) is 12.1 Å². The van der Waals surface area contributed by atoms with Crippen molar-refractivity contribution in [2.45, 2.75) is 37.8 Å². The zero-order valence-corrected chi connectivity index (χ0v) is 18.6. The molecular weight excluding hydrogens is 458 g/mol. The number of amides is 5. The number of hydrogen-bond donors (Lipinski definition) is 2. The SMILES string of the molecule is C[C@@](CCN1C(=O)CCC(N2C(=O)c3ccccc3C2=O)C1=O)(NC(=O)c1ncccn1)C(=O)O. The third-order valence-electron chi connectivity index (χ3n) is 6.09. The second kappa shape index (κ2) is 9.05. The molecule has 0 spiro atoms. The number of nitrogens with zero attached hydrogens (tertiary/aromatic N) is 4. The van der Waals surface area contributed by atoms with Crippen LogP contribution in [0.1, 0.15) is 57.5 Å². The van der Waals surface area contributed by atoms with Gasteiger partial charge in [0.05, 0.1) is 11.1 Å². The van der Waals surface area contributed by atoms with E-state index in [0.717, 1.165) is 9.80 Å². The number of piperidine rings is 1. The molecule has 0 bridgehead atoms. The largest absolute Gasteiger partial charge is 0.480 e. The summed E-state index contributed by atoms with van der Waals surface area (Å²) in [4.78, 5) is 85.0. The molecule has 1 unspecified atom stereocenters. The number of aliphatic carboxylic acids is 1. The van der Waals surface area contributed by atoms with Crippen LogP contribution in [0.2, 0.25) is 0 Å². The van der Waals surface area contributed by atoms with Crippen molar-refractivity contribution in [2.24, 2.45) is 0 Å². The van der Waals surface area contributed by atoms with Gasteiger partial charge in [-0.2, -0.15) is 0 Å². The Balaban J connectivity index is 1.50. The van der Waals surface area contributed by atoms with E-state index in [0.29, 0.717) is 0 Å². The maximum absolute atomic E-state index is 13.2. The summed E-state index contributed by atoms with van der Waals surface area (Å²) in [5.41, 5.74) is -1.50. The van der Waals surface area contributed by atoms with Crippen LogP contribution in [0.15, 0.2) is 42.7 Å². The van der Waals surface area contributed by atoms with E-state index in [1.807, 2.05) is 0 Å². The average molecular weight is 479 g/mol. The number of benzene rings is 1. The van der Waals surface area contributed by atoms with Crippen molar-refractivity contribution in [3.8, 4) is 0 Å². The molecule has 12 nitrogen and oxygen atoms in total. The summed E-state index contributed by atoms with van der Waals surface area (Å²) in [5, 5.41) is 12.1. The minimum absolute atomic E-state index is 0.0298. The van der Waals surface area contributed by atoms with Crippen LogP contribution in [0.25, 0.3) is 0 Å². The molecule has 12 heteroatoms. The number of fused-ring (bicyclic) bond motifs is 1. The van der Waals surface area contributed by atoms with Gasteiger partial charge in [0.25, 0.3) is 23.6 Å². The average Bonchev–Trinajstić information content (AvgIpc) is 3.09. The topological polar surface area (TPSA) is 167 Å². The quantitative estimate of drug-likeness (QED) is 0.529. The predicted octanol–water partition coefficient (Wildman–Crippen LogP) is 0.254. The summed E-state index contributed by atoms with van der Waals surface area (Å²) in [6, 6.07) is 6.49. The molecule has 2 aromatic rings. The van der Waals surface area contributed by atoms with E-state index in [1.54, 1.807) is 12.1 Å². The van der Waals surface area contributed by atoms with Crippen LogP contribution in [0.3, 0.4) is 0 Å². The molecule has 35 heavy (non-hydrogen) atoms. The van der Waals surface area contributed by atoms with Crippen molar-refractivity contribution in [2.75, 3.05) is 6.54 Å². The van der Waals surface area contributed by atoms with Crippen LogP contribution in [0.4, 0.5) is 0 Å². The fraction of sp³-hybridized carbons (Fsp3) is 0.304. The third-order valence-corrected chi connectivity index (χ3v) is 6.09. The second-order valence-electron chi connectivity index (χ2n) is 8.38. The molecule has 0 saturated carbocycles. The zero-order valence-electron chi connectivity index (χ0n) is 18.6. The van der Waals surface area contributed by atoms with Crippen molar-refractivity contribution < 1.29 is 33.9 Å². The highest BCUT2D eigenvalue weighted by atomic mass is 16.4. The van der Waals surface area contributed by atoms with E-state index in [-0.39, 0.29) is 42.8 Å². The molecule has 0 aliphatic carbocycles. The number of imide groups is 2. The molecular formula is C23H21N5O7. The summed E-state index contributed by atoms with van der Waals surface area (Å²) in [6.07, 6.45) is 2.18. The van der Waals surface area contributed by atoms with Crippen molar-refractivity contribution in [1.29, 1.82) is 0 Å². The monoisotopic (exact) mass is 479 g/mol. The Morgan fingerprint density at radius 3 is 2.23 bits per heavy atom. The molecule has 2 atom stereocenters. The van der Waals surface area contributed by atoms with Crippen molar-refractivity contribution in [3.63, 3.8) is 0 Å². The van der Waals surface area contributed by atoms with Crippen LogP contribution in [-0.2, 0) is 14.4 Å². The summed E-state index contributed by atoms with van der Waals surface area (Å²) >= 11 is 0. The highest BCUT2D eigenvalue weighted by Crippen LogP contribution is 2.29. The molecule has 2 aliphatic heterocycles. The van der Waals surface area contributed by atoms with E-state index in [2.05, 4.69) is 15.3 Å². The van der Waals surface area contributed by atoms with Crippen molar-refractivity contribution in [3.05, 3.63) is 59.7 Å². The van der Waals surface area contributed by atoms with Gasteiger partial charge in [-0.3, -0.25) is 33.8 Å². The molecule has 1 saturated heterocycles. The minimum atomic E-state index is -1.86. The summed E-state index contributed by atoms with van der Waals surface area (Å²) in [5.74, 6) is -5.05. The molecule has 5 amide bonds. The maximum Gasteiger partial charge on any atom is 0.329 e. The fourth-order valence-electron chi connectivity index (χ4n) is 4.07. The summed E-state index contributed by atoms with van der Waals surface area (Å²) in [7, 11) is 0. The highest BCUT2D eigenvalue weighted by Gasteiger charge is 2.47. The highest BCUT2D eigenvalue weighted by molar-refractivity contribution is 6.23. The van der Waals surface area contributed by atoms with Gasteiger partial charge in [0.15, 0.2) is 0 Å². The molecule has 2 aliphatic rings. The van der Waals surface area contributed by atoms with Gasteiger partial charge in [-0.25, -0.2) is 14.8 Å². The molecule has 4 rings (SSSR count).